The summed E-state index contributed by atoms with van der Waals surface area (Å²) in [6.45, 7) is 3.83. The van der Waals surface area contributed by atoms with Crippen LogP contribution in [0.5, 0.6) is 0 Å². The molecule has 1 N–H and O–H groups in total. The van der Waals surface area contributed by atoms with Gasteiger partial charge in [-0.1, -0.05) is 173 Å². The van der Waals surface area contributed by atoms with E-state index in [0.717, 1.165) is 103 Å². The fourth-order valence-electron chi connectivity index (χ4n) is 5.24. The van der Waals surface area contributed by atoms with Crippen molar-refractivity contribution in [1.29, 1.82) is 0 Å². The minimum Gasteiger partial charge on any atom is -0.462 e. The number of allylic oxidation sites excluding steroid dienone is 22. The number of carbonyl (C=O) groups excluding carboxylic acids is 2. The second-order valence-electron chi connectivity index (χ2n) is 13.7. The third-order valence-corrected chi connectivity index (χ3v) is 8.44. The molecule has 0 aromatic heterocycles. The molecule has 0 heterocycles. The number of rotatable bonds is 37. The summed E-state index contributed by atoms with van der Waals surface area (Å²) in [6.07, 6.45) is 68.0. The topological polar surface area (TPSA) is 72.8 Å². The summed E-state index contributed by atoms with van der Waals surface area (Å²) in [4.78, 5) is 24.3. The third-order valence-electron chi connectivity index (χ3n) is 8.44. The molecule has 0 aliphatic carbocycles. The van der Waals surface area contributed by atoms with E-state index in [-0.39, 0.29) is 31.6 Å². The molecule has 0 amide bonds. The van der Waals surface area contributed by atoms with E-state index in [2.05, 4.69) is 148 Å². The van der Waals surface area contributed by atoms with Gasteiger partial charge in [-0.05, 0) is 103 Å². The van der Waals surface area contributed by atoms with Crippen LogP contribution in [-0.4, -0.2) is 36.4 Å². The van der Waals surface area contributed by atoms with Crippen LogP contribution in [0.3, 0.4) is 0 Å². The van der Waals surface area contributed by atoms with Crippen LogP contribution in [0.2, 0.25) is 0 Å². The summed E-state index contributed by atoms with van der Waals surface area (Å²) in [5.74, 6) is -0.691. The van der Waals surface area contributed by atoms with Crippen molar-refractivity contribution in [2.24, 2.45) is 0 Å². The van der Waals surface area contributed by atoms with Crippen molar-refractivity contribution in [2.75, 3.05) is 13.2 Å². The molecule has 0 rings (SSSR count). The number of esters is 2. The van der Waals surface area contributed by atoms with Gasteiger partial charge < -0.3 is 14.6 Å². The molecular formula is C51H78O5. The highest BCUT2D eigenvalue weighted by Gasteiger charge is 2.15. The Kier molecular flexibility index (Phi) is 42.2. The van der Waals surface area contributed by atoms with Gasteiger partial charge in [0.05, 0.1) is 6.61 Å². The minimum atomic E-state index is -0.819. The fraction of sp³-hybridized carbons (Fsp3) is 0.529. The summed E-state index contributed by atoms with van der Waals surface area (Å²) in [5.41, 5.74) is 0. The molecule has 5 heteroatoms. The first-order chi connectivity index (χ1) is 27.6. The number of hydrogen-bond donors (Lipinski definition) is 1. The van der Waals surface area contributed by atoms with Gasteiger partial charge in [-0.15, -0.1) is 0 Å². The lowest BCUT2D eigenvalue weighted by atomic mass is 10.1. The van der Waals surface area contributed by atoms with Gasteiger partial charge in [0.15, 0.2) is 6.10 Å². The van der Waals surface area contributed by atoms with Crippen LogP contribution in [0.4, 0.5) is 0 Å². The maximum atomic E-state index is 12.2. The van der Waals surface area contributed by atoms with Crippen molar-refractivity contribution in [2.45, 2.75) is 161 Å². The molecule has 0 fully saturated rings. The van der Waals surface area contributed by atoms with E-state index in [9.17, 15) is 14.7 Å². The Morgan fingerprint density at radius 2 is 0.732 bits per heavy atom. The van der Waals surface area contributed by atoms with Crippen molar-refractivity contribution in [3.63, 3.8) is 0 Å². The first-order valence-electron chi connectivity index (χ1n) is 21.7. The van der Waals surface area contributed by atoms with Crippen LogP contribution in [0, 0.1) is 0 Å². The molecule has 0 radical (unpaired) electrons. The monoisotopic (exact) mass is 771 g/mol. The molecular weight excluding hydrogens is 693 g/mol. The Hall–Kier alpha value is -3.96. The quantitative estimate of drug-likeness (QED) is 0.0387. The summed E-state index contributed by atoms with van der Waals surface area (Å²) < 4.78 is 10.6. The lowest BCUT2D eigenvalue weighted by Gasteiger charge is -2.15. The van der Waals surface area contributed by atoms with Gasteiger partial charge >= 0.3 is 11.9 Å². The molecule has 0 bridgehead atoms. The standard InChI is InChI=1S/C51H78O5/c1-3-5-7-9-11-13-15-17-19-21-23-24-25-26-28-30-32-34-36-38-40-42-44-46-51(54)56-49(47-52)48-55-50(53)45-43-41-39-37-35-33-31-29-27-22-20-18-16-14-12-10-8-6-4-2/h5-8,11-14,17-20,23-24,26-29,32,34,38,40,49,52H,3-4,9-10,15-16,21-22,25,30-31,33,35-37,39,41-48H2,1-2H3/b7-5-,8-6-,13-11-,14-12-,19-17-,20-18-,24-23-,28-26-,29-27-,34-32-,40-38-. The molecule has 1 unspecified atom stereocenters. The largest absolute Gasteiger partial charge is 0.462 e. The molecule has 0 spiro atoms. The van der Waals surface area contributed by atoms with E-state index in [1.165, 1.54) is 19.3 Å². The second-order valence-corrected chi connectivity index (χ2v) is 13.7. The van der Waals surface area contributed by atoms with Gasteiger partial charge in [0.1, 0.15) is 6.61 Å². The Morgan fingerprint density at radius 3 is 1.12 bits per heavy atom. The summed E-state index contributed by atoms with van der Waals surface area (Å²) >= 11 is 0. The summed E-state index contributed by atoms with van der Waals surface area (Å²) in [7, 11) is 0. The Labute approximate surface area is 343 Å². The van der Waals surface area contributed by atoms with E-state index in [0.29, 0.717) is 12.8 Å². The van der Waals surface area contributed by atoms with E-state index in [4.69, 9.17) is 9.47 Å². The van der Waals surface area contributed by atoms with Crippen LogP contribution in [0.25, 0.3) is 0 Å². The molecule has 1 atom stereocenters. The lowest BCUT2D eigenvalue weighted by Crippen LogP contribution is -2.28. The lowest BCUT2D eigenvalue weighted by molar-refractivity contribution is -0.161. The number of carbonyl (C=O) groups is 2. The zero-order chi connectivity index (χ0) is 40.7. The van der Waals surface area contributed by atoms with E-state index < -0.39 is 6.10 Å². The van der Waals surface area contributed by atoms with Gasteiger partial charge in [0.25, 0.3) is 0 Å². The van der Waals surface area contributed by atoms with Gasteiger partial charge in [-0.25, -0.2) is 0 Å². The number of hydrogen-bond acceptors (Lipinski definition) is 5. The van der Waals surface area contributed by atoms with Crippen molar-refractivity contribution in [3.8, 4) is 0 Å². The maximum absolute atomic E-state index is 12.2. The molecule has 0 aromatic carbocycles. The number of aliphatic hydroxyl groups is 1. The van der Waals surface area contributed by atoms with Crippen LogP contribution in [0.15, 0.2) is 134 Å². The second kappa shape index (κ2) is 45.4. The van der Waals surface area contributed by atoms with Gasteiger partial charge in [0, 0.05) is 12.8 Å². The van der Waals surface area contributed by atoms with Crippen LogP contribution < -0.4 is 0 Å². The number of aliphatic hydroxyl groups excluding tert-OH is 1. The average Bonchev–Trinajstić information content (AvgIpc) is 3.20. The fourth-order valence-corrected chi connectivity index (χ4v) is 5.24. The molecule has 5 nitrogen and oxygen atoms in total. The average molecular weight is 771 g/mol. The molecule has 312 valence electrons. The highest BCUT2D eigenvalue weighted by Crippen LogP contribution is 2.10. The Morgan fingerprint density at radius 1 is 0.411 bits per heavy atom. The number of ether oxygens (including phenoxy) is 2. The normalized spacial score (nSPS) is 13.6. The molecule has 0 saturated heterocycles. The molecule has 0 aliphatic rings. The van der Waals surface area contributed by atoms with Crippen molar-refractivity contribution in [1.82, 2.24) is 0 Å². The zero-order valence-electron chi connectivity index (χ0n) is 35.3. The molecule has 0 aliphatic heterocycles. The first kappa shape index (κ1) is 52.0. The smallest absolute Gasteiger partial charge is 0.306 e. The van der Waals surface area contributed by atoms with E-state index >= 15 is 0 Å². The highest BCUT2D eigenvalue weighted by atomic mass is 16.6. The molecule has 0 saturated carbocycles. The minimum absolute atomic E-state index is 0.107. The van der Waals surface area contributed by atoms with E-state index in [1.807, 2.05) is 0 Å². The molecule has 56 heavy (non-hydrogen) atoms. The predicted molar refractivity (Wildman–Crippen MR) is 241 cm³/mol. The van der Waals surface area contributed by atoms with Crippen molar-refractivity contribution >= 4 is 11.9 Å². The zero-order valence-corrected chi connectivity index (χ0v) is 35.3. The van der Waals surface area contributed by atoms with Crippen LogP contribution in [0.1, 0.15) is 155 Å². The van der Waals surface area contributed by atoms with Crippen molar-refractivity contribution < 1.29 is 24.2 Å². The van der Waals surface area contributed by atoms with Crippen LogP contribution in [-0.2, 0) is 19.1 Å². The van der Waals surface area contributed by atoms with E-state index in [1.54, 1.807) is 0 Å². The predicted octanol–water partition coefficient (Wildman–Crippen LogP) is 14.2. The van der Waals surface area contributed by atoms with Gasteiger partial charge in [0.2, 0.25) is 0 Å². The molecule has 0 aromatic rings. The SMILES string of the molecule is CC/C=C\C/C=C\C/C=C\C/C=C\C/C=C\C/C=C\C/C=C\CCCC(=O)OC(CO)COC(=O)CCCCCCCC/C=C\C/C=C\C/C=C\C/C=C\CC. The van der Waals surface area contributed by atoms with Gasteiger partial charge in [-0.2, -0.15) is 0 Å². The summed E-state index contributed by atoms with van der Waals surface area (Å²) in [6, 6.07) is 0. The highest BCUT2D eigenvalue weighted by molar-refractivity contribution is 5.70. The third kappa shape index (κ3) is 42.8. The van der Waals surface area contributed by atoms with Crippen molar-refractivity contribution in [3.05, 3.63) is 134 Å². The number of unbranched alkanes of at least 4 members (excludes halogenated alkanes) is 7. The van der Waals surface area contributed by atoms with Crippen LogP contribution >= 0.6 is 0 Å². The Balaban J connectivity index is 3.74. The Bertz CT molecular complexity index is 1240. The first-order valence-corrected chi connectivity index (χ1v) is 21.7. The maximum Gasteiger partial charge on any atom is 0.306 e. The van der Waals surface area contributed by atoms with Gasteiger partial charge in [-0.3, -0.25) is 9.59 Å². The summed E-state index contributed by atoms with van der Waals surface area (Å²) in [5, 5.41) is 9.58.